The van der Waals surface area contributed by atoms with Crippen molar-refractivity contribution in [1.29, 1.82) is 0 Å². The van der Waals surface area contributed by atoms with E-state index in [1.807, 2.05) is 0 Å². The third-order valence-corrected chi connectivity index (χ3v) is 5.09. The molecule has 0 bridgehead atoms. The number of nitrogens with one attached hydrogen (secondary N) is 1. The van der Waals surface area contributed by atoms with E-state index in [1.165, 1.54) is 26.4 Å². The van der Waals surface area contributed by atoms with Gasteiger partial charge in [-0.1, -0.05) is 11.6 Å². The van der Waals surface area contributed by atoms with E-state index in [0.29, 0.717) is 16.9 Å². The van der Waals surface area contributed by atoms with Crippen molar-refractivity contribution in [3.63, 3.8) is 0 Å². The highest BCUT2D eigenvalue weighted by atomic mass is 35.5. The summed E-state index contributed by atoms with van der Waals surface area (Å²) >= 11 is 6.37. The topological polar surface area (TPSA) is 78.9 Å². The van der Waals surface area contributed by atoms with Crippen LogP contribution in [0.15, 0.2) is 42.6 Å². The minimum atomic E-state index is -4.87. The van der Waals surface area contributed by atoms with Crippen LogP contribution in [0.5, 0.6) is 28.7 Å². The van der Waals surface area contributed by atoms with Gasteiger partial charge in [-0.3, -0.25) is 9.78 Å². The van der Waals surface area contributed by atoms with Crippen LogP contribution in [0.25, 0.3) is 0 Å². The van der Waals surface area contributed by atoms with Crippen LogP contribution in [0.1, 0.15) is 21.6 Å². The second-order valence-corrected chi connectivity index (χ2v) is 7.37. The lowest BCUT2D eigenvalue weighted by molar-refractivity contribution is -0.274. The number of rotatable bonds is 7. The molecule has 1 amide bonds. The van der Waals surface area contributed by atoms with Crippen molar-refractivity contribution in [3.8, 4) is 28.7 Å². The van der Waals surface area contributed by atoms with Crippen LogP contribution < -0.4 is 24.3 Å². The molecule has 0 aliphatic rings. The minimum Gasteiger partial charge on any atom is -0.495 e. The molecule has 7 nitrogen and oxygen atoms in total. The number of alkyl halides is 3. The zero-order valence-electron chi connectivity index (χ0n) is 18.5. The third kappa shape index (κ3) is 5.82. The number of nitrogens with zero attached hydrogens (tertiary/aromatic N) is 1. The van der Waals surface area contributed by atoms with Gasteiger partial charge in [0.1, 0.15) is 17.2 Å². The molecular formula is C23H20ClF3N2O5. The van der Waals surface area contributed by atoms with E-state index in [0.717, 1.165) is 12.1 Å². The van der Waals surface area contributed by atoms with Crippen LogP contribution in [-0.4, -0.2) is 31.5 Å². The molecule has 0 fully saturated rings. The van der Waals surface area contributed by atoms with E-state index < -0.39 is 18.0 Å². The lowest BCUT2D eigenvalue weighted by Crippen LogP contribution is -2.17. The summed E-state index contributed by atoms with van der Waals surface area (Å²) < 4.78 is 58.0. The molecule has 1 aromatic heterocycles. The summed E-state index contributed by atoms with van der Waals surface area (Å²) in [6.07, 6.45) is -3.32. The average Bonchev–Trinajstić information content (AvgIpc) is 2.76. The Balaban J connectivity index is 2.03. The molecule has 11 heteroatoms. The summed E-state index contributed by atoms with van der Waals surface area (Å²) in [7, 11) is 2.65. The van der Waals surface area contributed by atoms with Gasteiger partial charge >= 0.3 is 6.36 Å². The van der Waals surface area contributed by atoms with Crippen molar-refractivity contribution in [1.82, 2.24) is 4.98 Å². The van der Waals surface area contributed by atoms with Crippen LogP contribution in [0.2, 0.25) is 5.02 Å². The van der Waals surface area contributed by atoms with Crippen LogP contribution in [0.4, 0.5) is 18.9 Å². The number of methoxy groups -OCH3 is 2. The Hall–Kier alpha value is -3.66. The first-order valence-electron chi connectivity index (χ1n) is 9.75. The zero-order chi connectivity index (χ0) is 25.0. The van der Waals surface area contributed by atoms with Gasteiger partial charge in [0.2, 0.25) is 0 Å². The minimum absolute atomic E-state index is 0.0367. The Morgan fingerprint density at radius 1 is 0.971 bits per heavy atom. The standard InChI is InChI=1S/C23H20ClF3N2O5/c1-12-9-14(7-8-28-12)29-22(30)20-13(2)21(24)19(32-4)11-18(20)33-16-6-5-15(10-17(16)31-3)34-23(25,26)27/h5-11H,1-4H3,(H,28,29,30). The molecule has 0 atom stereocenters. The molecular weight excluding hydrogens is 477 g/mol. The number of halogens is 4. The Morgan fingerprint density at radius 2 is 1.68 bits per heavy atom. The number of pyridine rings is 1. The number of carbonyl (C=O) groups excluding carboxylic acids is 1. The monoisotopic (exact) mass is 496 g/mol. The molecule has 1 N–H and O–H groups in total. The quantitative estimate of drug-likeness (QED) is 0.413. The van der Waals surface area contributed by atoms with Gasteiger partial charge in [-0.25, -0.2) is 0 Å². The summed E-state index contributed by atoms with van der Waals surface area (Å²) in [4.78, 5) is 17.3. The number of aryl methyl sites for hydroxylation is 1. The predicted molar refractivity (Wildman–Crippen MR) is 119 cm³/mol. The normalized spacial score (nSPS) is 11.1. The molecule has 0 unspecified atom stereocenters. The van der Waals surface area contributed by atoms with Crippen molar-refractivity contribution in [2.24, 2.45) is 0 Å². The van der Waals surface area contributed by atoms with Gasteiger partial charge in [0.15, 0.2) is 11.5 Å². The van der Waals surface area contributed by atoms with Crippen molar-refractivity contribution in [2.45, 2.75) is 20.2 Å². The number of amides is 1. The molecule has 0 radical (unpaired) electrons. The Kier molecular flexibility index (Phi) is 7.41. The van der Waals surface area contributed by atoms with Crippen LogP contribution in [0.3, 0.4) is 0 Å². The number of carbonyl (C=O) groups is 1. The highest BCUT2D eigenvalue weighted by Gasteiger charge is 2.31. The molecule has 0 saturated heterocycles. The summed E-state index contributed by atoms with van der Waals surface area (Å²) in [6.45, 7) is 3.39. The molecule has 3 rings (SSSR count). The summed E-state index contributed by atoms with van der Waals surface area (Å²) in [5.41, 5.74) is 1.67. The first kappa shape index (κ1) is 25.0. The highest BCUT2D eigenvalue weighted by Crippen LogP contribution is 2.42. The maximum absolute atomic E-state index is 13.2. The first-order valence-corrected chi connectivity index (χ1v) is 10.1. The van der Waals surface area contributed by atoms with E-state index in [9.17, 15) is 18.0 Å². The van der Waals surface area contributed by atoms with Gasteiger partial charge in [-0.05, 0) is 43.7 Å². The van der Waals surface area contributed by atoms with E-state index in [2.05, 4.69) is 15.0 Å². The Labute approximate surface area is 198 Å². The molecule has 0 aliphatic carbocycles. The fourth-order valence-corrected chi connectivity index (χ4v) is 3.34. The van der Waals surface area contributed by atoms with Crippen molar-refractivity contribution in [2.75, 3.05) is 19.5 Å². The van der Waals surface area contributed by atoms with Gasteiger partial charge in [-0.15, -0.1) is 13.2 Å². The maximum atomic E-state index is 13.2. The Bertz CT molecular complexity index is 1220. The Morgan fingerprint density at radius 3 is 2.29 bits per heavy atom. The van der Waals surface area contributed by atoms with E-state index in [1.54, 1.807) is 32.2 Å². The average molecular weight is 497 g/mol. The molecule has 0 saturated carbocycles. The maximum Gasteiger partial charge on any atom is 0.573 e. The number of hydrogen-bond acceptors (Lipinski definition) is 6. The molecule has 0 spiro atoms. The van der Waals surface area contributed by atoms with Gasteiger partial charge in [-0.2, -0.15) is 0 Å². The summed E-state index contributed by atoms with van der Waals surface area (Å²) in [5.74, 6) is -0.753. The van der Waals surface area contributed by atoms with E-state index in [4.69, 9.17) is 25.8 Å². The van der Waals surface area contributed by atoms with Crippen LogP contribution in [-0.2, 0) is 0 Å². The lowest BCUT2D eigenvalue weighted by atomic mass is 10.1. The summed E-state index contributed by atoms with van der Waals surface area (Å²) in [5, 5.41) is 2.96. The third-order valence-electron chi connectivity index (χ3n) is 4.62. The fourth-order valence-electron chi connectivity index (χ4n) is 3.11. The predicted octanol–water partition coefficient (Wildman–Crippen LogP) is 6.31. The van der Waals surface area contributed by atoms with Crippen molar-refractivity contribution in [3.05, 3.63) is 64.4 Å². The second kappa shape index (κ2) is 10.1. The van der Waals surface area contributed by atoms with Gasteiger partial charge < -0.3 is 24.3 Å². The first-order chi connectivity index (χ1) is 16.0. The zero-order valence-corrected chi connectivity index (χ0v) is 19.3. The van der Waals surface area contributed by atoms with E-state index >= 15 is 0 Å². The number of ether oxygens (including phenoxy) is 4. The molecule has 0 aliphatic heterocycles. The van der Waals surface area contributed by atoms with Crippen molar-refractivity contribution < 1.29 is 36.9 Å². The van der Waals surface area contributed by atoms with Crippen molar-refractivity contribution >= 4 is 23.2 Å². The number of aromatic nitrogens is 1. The number of hydrogen-bond donors (Lipinski definition) is 1. The molecule has 34 heavy (non-hydrogen) atoms. The fraction of sp³-hybridized carbons (Fsp3) is 0.217. The molecule has 2 aromatic carbocycles. The highest BCUT2D eigenvalue weighted by molar-refractivity contribution is 6.33. The SMILES string of the molecule is COc1cc(OC(F)(F)F)ccc1Oc1cc(OC)c(Cl)c(C)c1C(=O)Nc1ccnc(C)c1. The largest absolute Gasteiger partial charge is 0.573 e. The van der Waals surface area contributed by atoms with Crippen LogP contribution >= 0.6 is 11.6 Å². The van der Waals surface area contributed by atoms with Gasteiger partial charge in [0.05, 0.1) is 24.8 Å². The smallest absolute Gasteiger partial charge is 0.495 e. The lowest BCUT2D eigenvalue weighted by Gasteiger charge is -2.19. The second-order valence-electron chi connectivity index (χ2n) is 6.99. The molecule has 1 heterocycles. The van der Waals surface area contributed by atoms with Crippen LogP contribution in [0, 0.1) is 13.8 Å². The summed E-state index contributed by atoms with van der Waals surface area (Å²) in [6, 6.07) is 8.01. The molecule has 3 aromatic rings. The number of benzene rings is 2. The molecule has 180 valence electrons. The van der Waals surface area contributed by atoms with Gasteiger partial charge in [0, 0.05) is 29.7 Å². The van der Waals surface area contributed by atoms with E-state index in [-0.39, 0.29) is 33.6 Å². The van der Waals surface area contributed by atoms with Gasteiger partial charge in [0.25, 0.3) is 5.91 Å². The number of anilines is 1.